The number of carbonyl (C=O) groups is 1. The number of methoxy groups -OCH3 is 1. The summed E-state index contributed by atoms with van der Waals surface area (Å²) in [7, 11) is -2.75. The molecule has 6 nitrogen and oxygen atoms in total. The summed E-state index contributed by atoms with van der Waals surface area (Å²) in [5.74, 6) is -0.993. The molecule has 156 valence electrons. The number of ether oxygens (including phenoxy) is 1. The largest absolute Gasteiger partial charge is 0.495 e. The van der Waals surface area contributed by atoms with Crippen LogP contribution < -0.4 is 14.8 Å². The highest BCUT2D eigenvalue weighted by Crippen LogP contribution is 2.30. The lowest BCUT2D eigenvalue weighted by Gasteiger charge is -2.14. The topological polar surface area (TPSA) is 84.5 Å². The maximum absolute atomic E-state index is 14.0. The molecule has 0 radical (unpaired) electrons. The number of hydrogen-bond acceptors (Lipinski definition) is 4. The van der Waals surface area contributed by atoms with Crippen molar-refractivity contribution in [1.82, 2.24) is 0 Å². The molecule has 0 unspecified atom stereocenters. The maximum Gasteiger partial charge on any atom is 0.262 e. The molecule has 1 amide bonds. The Balaban J connectivity index is 1.92. The van der Waals surface area contributed by atoms with Crippen LogP contribution in [0.15, 0.2) is 70.0 Å². The Morgan fingerprint density at radius 3 is 2.50 bits per heavy atom. The third kappa shape index (κ3) is 5.10. The summed E-state index contributed by atoms with van der Waals surface area (Å²) in [6.07, 6.45) is 0. The number of rotatable bonds is 6. The van der Waals surface area contributed by atoms with Crippen molar-refractivity contribution in [2.24, 2.45) is 0 Å². The number of anilines is 2. The van der Waals surface area contributed by atoms with Gasteiger partial charge in [0.1, 0.15) is 11.6 Å². The Bertz CT molecular complexity index is 1220. The van der Waals surface area contributed by atoms with Crippen LogP contribution >= 0.6 is 27.5 Å². The van der Waals surface area contributed by atoms with Crippen LogP contribution in [-0.2, 0) is 10.0 Å². The van der Waals surface area contributed by atoms with Gasteiger partial charge in [-0.15, -0.1) is 0 Å². The molecule has 3 rings (SSSR count). The Kier molecular flexibility index (Phi) is 6.64. The van der Waals surface area contributed by atoms with Gasteiger partial charge in [-0.2, -0.15) is 0 Å². The van der Waals surface area contributed by atoms with Crippen LogP contribution in [0.25, 0.3) is 0 Å². The summed E-state index contributed by atoms with van der Waals surface area (Å²) < 4.78 is 47.4. The molecule has 0 bridgehead atoms. The third-order valence-electron chi connectivity index (χ3n) is 3.99. The maximum atomic E-state index is 14.0. The van der Waals surface area contributed by atoms with E-state index >= 15 is 0 Å². The van der Waals surface area contributed by atoms with Crippen molar-refractivity contribution < 1.29 is 22.3 Å². The van der Waals surface area contributed by atoms with E-state index in [1.165, 1.54) is 43.5 Å². The number of halogens is 3. The van der Waals surface area contributed by atoms with Gasteiger partial charge in [-0.3, -0.25) is 9.52 Å². The molecule has 2 N–H and O–H groups in total. The lowest BCUT2D eigenvalue weighted by molar-refractivity contribution is 0.102. The van der Waals surface area contributed by atoms with Crippen molar-refractivity contribution >= 4 is 54.8 Å². The molecule has 0 aliphatic rings. The molecule has 0 saturated carbocycles. The van der Waals surface area contributed by atoms with Crippen LogP contribution in [-0.4, -0.2) is 21.4 Å². The van der Waals surface area contributed by atoms with E-state index in [0.29, 0.717) is 9.50 Å². The standard InChI is InChI=1S/C20H15BrClFN2O4S/c1-29-19-8-6-15(30(27,28)25-17-7-5-13(21)10-16(17)23)11-18(19)24-20(26)12-3-2-4-14(22)9-12/h2-11,25H,1H3,(H,24,26). The highest BCUT2D eigenvalue weighted by atomic mass is 79.9. The second-order valence-corrected chi connectivity index (χ2v) is 9.09. The molecule has 0 atom stereocenters. The summed E-state index contributed by atoms with van der Waals surface area (Å²) in [6.45, 7) is 0. The average Bonchev–Trinajstić information content (AvgIpc) is 2.70. The van der Waals surface area contributed by atoms with Gasteiger partial charge in [0, 0.05) is 15.1 Å². The summed E-state index contributed by atoms with van der Waals surface area (Å²) in [5.41, 5.74) is 0.202. The first-order chi connectivity index (χ1) is 14.2. The van der Waals surface area contributed by atoms with Gasteiger partial charge in [0.05, 0.1) is 23.4 Å². The normalized spacial score (nSPS) is 11.1. The van der Waals surface area contributed by atoms with Crippen molar-refractivity contribution in [2.75, 3.05) is 17.1 Å². The first-order valence-corrected chi connectivity index (χ1v) is 11.1. The van der Waals surface area contributed by atoms with Crippen molar-refractivity contribution in [3.05, 3.63) is 81.5 Å². The SMILES string of the molecule is COc1ccc(S(=O)(=O)Nc2ccc(Br)cc2F)cc1NC(=O)c1cccc(Cl)c1. The molecular weight excluding hydrogens is 499 g/mol. The Labute approximate surface area is 186 Å². The van der Waals surface area contributed by atoms with Crippen molar-refractivity contribution in [3.8, 4) is 5.75 Å². The van der Waals surface area contributed by atoms with Crippen LogP contribution in [0.1, 0.15) is 10.4 Å². The van der Waals surface area contributed by atoms with Crippen molar-refractivity contribution in [1.29, 1.82) is 0 Å². The smallest absolute Gasteiger partial charge is 0.262 e. The summed E-state index contributed by atoms with van der Waals surface area (Å²) in [5, 5.41) is 2.99. The van der Waals surface area contributed by atoms with E-state index in [9.17, 15) is 17.6 Å². The second-order valence-electron chi connectivity index (χ2n) is 6.06. The van der Waals surface area contributed by atoms with Gasteiger partial charge in [0.25, 0.3) is 15.9 Å². The van der Waals surface area contributed by atoms with Gasteiger partial charge < -0.3 is 10.1 Å². The van der Waals surface area contributed by atoms with Crippen molar-refractivity contribution in [2.45, 2.75) is 4.90 Å². The average molecular weight is 514 g/mol. The van der Waals surface area contributed by atoms with Gasteiger partial charge >= 0.3 is 0 Å². The minimum atomic E-state index is -4.14. The van der Waals surface area contributed by atoms with Gasteiger partial charge in [-0.1, -0.05) is 33.6 Å². The van der Waals surface area contributed by atoms with E-state index in [1.807, 2.05) is 0 Å². The van der Waals surface area contributed by atoms with Crippen molar-refractivity contribution in [3.63, 3.8) is 0 Å². The van der Waals surface area contributed by atoms with Gasteiger partial charge in [0.2, 0.25) is 0 Å². The van der Waals surface area contributed by atoms with E-state index in [4.69, 9.17) is 16.3 Å². The number of hydrogen-bond donors (Lipinski definition) is 2. The van der Waals surface area contributed by atoms with Crippen LogP contribution in [0.3, 0.4) is 0 Å². The molecule has 0 aromatic heterocycles. The zero-order chi connectivity index (χ0) is 21.9. The fourth-order valence-electron chi connectivity index (χ4n) is 2.55. The fourth-order valence-corrected chi connectivity index (χ4v) is 4.17. The molecule has 0 aliphatic heterocycles. The summed E-state index contributed by atoms with van der Waals surface area (Å²) in [4.78, 5) is 12.3. The molecule has 0 heterocycles. The molecule has 3 aromatic carbocycles. The minimum absolute atomic E-state index is 0.127. The lowest BCUT2D eigenvalue weighted by atomic mass is 10.2. The molecule has 3 aromatic rings. The number of carbonyl (C=O) groups excluding carboxylic acids is 1. The summed E-state index contributed by atoms with van der Waals surface area (Å²) >= 11 is 9.02. The molecular formula is C20H15BrClFN2O4S. The van der Waals surface area contributed by atoms with Crippen LogP contribution in [0, 0.1) is 5.82 Å². The monoisotopic (exact) mass is 512 g/mol. The predicted octanol–water partition coefficient (Wildman–Crippen LogP) is 5.30. The molecule has 0 spiro atoms. The molecule has 0 fully saturated rings. The first-order valence-electron chi connectivity index (χ1n) is 8.42. The fraction of sp³-hybridized carbons (Fsp3) is 0.0500. The predicted molar refractivity (Wildman–Crippen MR) is 117 cm³/mol. The second kappa shape index (κ2) is 9.03. The van der Waals surface area contributed by atoms with E-state index in [-0.39, 0.29) is 27.6 Å². The van der Waals surface area contributed by atoms with E-state index in [2.05, 4.69) is 26.0 Å². The van der Waals surface area contributed by atoms with Crippen LogP contribution in [0.5, 0.6) is 5.75 Å². The zero-order valence-corrected chi connectivity index (χ0v) is 18.6. The quantitative estimate of drug-likeness (QED) is 0.468. The van der Waals surface area contributed by atoms with Crippen LogP contribution in [0.4, 0.5) is 15.8 Å². The van der Waals surface area contributed by atoms with Crippen LogP contribution in [0.2, 0.25) is 5.02 Å². The molecule has 10 heteroatoms. The Morgan fingerprint density at radius 2 is 1.83 bits per heavy atom. The number of sulfonamides is 1. The van der Waals surface area contributed by atoms with Gasteiger partial charge in [-0.25, -0.2) is 12.8 Å². The molecule has 30 heavy (non-hydrogen) atoms. The third-order valence-corrected chi connectivity index (χ3v) is 6.08. The zero-order valence-electron chi connectivity index (χ0n) is 15.4. The number of nitrogens with one attached hydrogen (secondary N) is 2. The Morgan fingerprint density at radius 1 is 1.07 bits per heavy atom. The first kappa shape index (κ1) is 22.1. The lowest BCUT2D eigenvalue weighted by Crippen LogP contribution is -2.16. The minimum Gasteiger partial charge on any atom is -0.495 e. The van der Waals surface area contributed by atoms with E-state index < -0.39 is 21.7 Å². The summed E-state index contributed by atoms with van der Waals surface area (Å²) in [6, 6.07) is 14.1. The van der Waals surface area contributed by atoms with E-state index in [0.717, 1.165) is 6.07 Å². The number of amides is 1. The highest BCUT2D eigenvalue weighted by Gasteiger charge is 2.20. The Hall–Kier alpha value is -2.62. The highest BCUT2D eigenvalue weighted by molar-refractivity contribution is 9.10. The number of benzene rings is 3. The molecule has 0 aliphatic carbocycles. The molecule has 0 saturated heterocycles. The van der Waals surface area contributed by atoms with E-state index in [1.54, 1.807) is 18.2 Å². The van der Waals surface area contributed by atoms with Gasteiger partial charge in [-0.05, 0) is 54.6 Å². The van der Waals surface area contributed by atoms with Gasteiger partial charge in [0.15, 0.2) is 0 Å².